The van der Waals surface area contributed by atoms with Gasteiger partial charge in [0.1, 0.15) is 0 Å². The predicted molar refractivity (Wildman–Crippen MR) is 77.9 cm³/mol. The number of hydrogen-bond acceptors (Lipinski definition) is 4. The zero-order valence-electron chi connectivity index (χ0n) is 11.8. The third kappa shape index (κ3) is 4.62. The number of hydrogen-bond donors (Lipinski definition) is 1. The third-order valence-corrected chi connectivity index (χ3v) is 4.16. The maximum absolute atomic E-state index is 13.7. The Hall–Kier alpha value is -1.25. The van der Waals surface area contributed by atoms with Gasteiger partial charge in [0.05, 0.1) is 11.9 Å². The Labute approximate surface area is 123 Å². The van der Waals surface area contributed by atoms with E-state index in [0.29, 0.717) is 39.3 Å². The van der Waals surface area contributed by atoms with Crippen LogP contribution in [0.4, 0.5) is 14.5 Å². The van der Waals surface area contributed by atoms with Crippen LogP contribution >= 0.6 is 0 Å². The molecule has 0 bridgehead atoms. The molecule has 1 N–H and O–H groups in total. The molecule has 1 heterocycles. The van der Waals surface area contributed by atoms with Gasteiger partial charge in [0.25, 0.3) is 0 Å². The second-order valence-electron chi connectivity index (χ2n) is 5.07. The van der Waals surface area contributed by atoms with Crippen molar-refractivity contribution in [3.8, 4) is 0 Å². The first kappa shape index (κ1) is 16.1. The zero-order valence-corrected chi connectivity index (χ0v) is 12.7. The molecule has 0 spiro atoms. The van der Waals surface area contributed by atoms with Gasteiger partial charge in [0.15, 0.2) is 11.6 Å². The van der Waals surface area contributed by atoms with E-state index in [1.54, 1.807) is 11.0 Å². The fourth-order valence-electron chi connectivity index (χ4n) is 2.34. The average molecular weight is 319 g/mol. The summed E-state index contributed by atoms with van der Waals surface area (Å²) in [7, 11) is -3.17. The van der Waals surface area contributed by atoms with Gasteiger partial charge in [0, 0.05) is 39.3 Å². The summed E-state index contributed by atoms with van der Waals surface area (Å²) in [5, 5.41) is 0. The lowest BCUT2D eigenvalue weighted by Crippen LogP contribution is -2.48. The molecule has 0 amide bonds. The summed E-state index contributed by atoms with van der Waals surface area (Å²) in [6, 6.07) is 4.17. The summed E-state index contributed by atoms with van der Waals surface area (Å²) in [6.45, 7) is 3.49. The van der Waals surface area contributed by atoms with Crippen molar-refractivity contribution in [3.63, 3.8) is 0 Å². The highest BCUT2D eigenvalue weighted by Gasteiger charge is 2.20. The SMILES string of the molecule is CS(=O)(=O)NCCN1CCN(c2cccc(F)c2F)CC1. The fraction of sp³-hybridized carbons (Fsp3) is 0.538. The summed E-state index contributed by atoms with van der Waals surface area (Å²) in [6.07, 6.45) is 1.12. The molecule has 1 aliphatic heterocycles. The Morgan fingerprint density at radius 1 is 1.19 bits per heavy atom. The van der Waals surface area contributed by atoms with Crippen LogP contribution in [0.3, 0.4) is 0 Å². The number of nitrogens with zero attached hydrogens (tertiary/aromatic N) is 2. The third-order valence-electron chi connectivity index (χ3n) is 3.44. The minimum atomic E-state index is -3.17. The highest BCUT2D eigenvalue weighted by atomic mass is 32.2. The zero-order chi connectivity index (χ0) is 15.5. The van der Waals surface area contributed by atoms with E-state index in [2.05, 4.69) is 9.62 Å². The topological polar surface area (TPSA) is 52.7 Å². The van der Waals surface area contributed by atoms with Gasteiger partial charge in [-0.2, -0.15) is 0 Å². The van der Waals surface area contributed by atoms with Crippen molar-refractivity contribution in [2.75, 3.05) is 50.4 Å². The molecule has 118 valence electrons. The van der Waals surface area contributed by atoms with Crippen LogP contribution in [0.5, 0.6) is 0 Å². The number of halogens is 2. The van der Waals surface area contributed by atoms with Crippen molar-refractivity contribution in [2.24, 2.45) is 0 Å². The highest BCUT2D eigenvalue weighted by Crippen LogP contribution is 2.22. The van der Waals surface area contributed by atoms with Crippen LogP contribution in [0.2, 0.25) is 0 Å². The standard InChI is InChI=1S/C13H19F2N3O2S/c1-21(19,20)16-5-6-17-7-9-18(10-8-17)12-4-2-3-11(14)13(12)15/h2-4,16H,5-10H2,1H3. The molecule has 1 saturated heterocycles. The number of rotatable bonds is 5. The minimum Gasteiger partial charge on any atom is -0.367 e. The van der Waals surface area contributed by atoms with Crippen LogP contribution in [0.15, 0.2) is 18.2 Å². The van der Waals surface area contributed by atoms with Crippen LogP contribution in [0, 0.1) is 11.6 Å². The molecule has 5 nitrogen and oxygen atoms in total. The average Bonchev–Trinajstić information content (AvgIpc) is 2.41. The Morgan fingerprint density at radius 3 is 2.48 bits per heavy atom. The van der Waals surface area contributed by atoms with E-state index < -0.39 is 21.7 Å². The van der Waals surface area contributed by atoms with E-state index in [-0.39, 0.29) is 5.69 Å². The lowest BCUT2D eigenvalue weighted by atomic mass is 10.2. The van der Waals surface area contributed by atoms with E-state index in [0.717, 1.165) is 12.3 Å². The van der Waals surface area contributed by atoms with Crippen molar-refractivity contribution in [1.29, 1.82) is 0 Å². The molecule has 0 aliphatic carbocycles. The Balaban J connectivity index is 1.84. The van der Waals surface area contributed by atoms with Gasteiger partial charge >= 0.3 is 0 Å². The lowest BCUT2D eigenvalue weighted by Gasteiger charge is -2.36. The molecule has 8 heteroatoms. The molecule has 1 aromatic carbocycles. The van der Waals surface area contributed by atoms with Gasteiger partial charge in [-0.15, -0.1) is 0 Å². The molecule has 2 rings (SSSR count). The first-order chi connectivity index (χ1) is 9.87. The van der Waals surface area contributed by atoms with Crippen molar-refractivity contribution in [2.45, 2.75) is 0 Å². The maximum atomic E-state index is 13.7. The van der Waals surface area contributed by atoms with Crippen molar-refractivity contribution in [3.05, 3.63) is 29.8 Å². The first-order valence-electron chi connectivity index (χ1n) is 6.73. The molecule has 1 aliphatic rings. The van der Waals surface area contributed by atoms with E-state index in [9.17, 15) is 17.2 Å². The molecule has 0 aromatic heterocycles. The monoisotopic (exact) mass is 319 g/mol. The normalized spacial score (nSPS) is 17.2. The van der Waals surface area contributed by atoms with E-state index >= 15 is 0 Å². The van der Waals surface area contributed by atoms with E-state index in [4.69, 9.17) is 0 Å². The van der Waals surface area contributed by atoms with Gasteiger partial charge in [0.2, 0.25) is 10.0 Å². The Kier molecular flexibility index (Phi) is 5.13. The van der Waals surface area contributed by atoms with Gasteiger partial charge in [-0.1, -0.05) is 6.07 Å². The molecule has 0 atom stereocenters. The van der Waals surface area contributed by atoms with Crippen LogP contribution in [-0.2, 0) is 10.0 Å². The molecular formula is C13H19F2N3O2S. The minimum absolute atomic E-state index is 0.281. The van der Waals surface area contributed by atoms with Gasteiger partial charge < -0.3 is 4.90 Å². The molecule has 0 unspecified atom stereocenters. The number of nitrogens with one attached hydrogen (secondary N) is 1. The van der Waals surface area contributed by atoms with Gasteiger partial charge in [-0.05, 0) is 12.1 Å². The smallest absolute Gasteiger partial charge is 0.208 e. The molecule has 1 fully saturated rings. The second-order valence-corrected chi connectivity index (χ2v) is 6.90. The summed E-state index contributed by atoms with van der Waals surface area (Å²) >= 11 is 0. The van der Waals surface area contributed by atoms with Crippen LogP contribution in [0.1, 0.15) is 0 Å². The lowest BCUT2D eigenvalue weighted by molar-refractivity contribution is 0.261. The summed E-state index contributed by atoms with van der Waals surface area (Å²) < 4.78 is 51.3. The second kappa shape index (κ2) is 6.67. The maximum Gasteiger partial charge on any atom is 0.208 e. The Bertz CT molecular complexity index is 587. The first-order valence-corrected chi connectivity index (χ1v) is 8.62. The molecule has 0 saturated carbocycles. The molecule has 21 heavy (non-hydrogen) atoms. The summed E-state index contributed by atoms with van der Waals surface area (Å²) in [5.74, 6) is -1.66. The predicted octanol–water partition coefficient (Wildman–Crippen LogP) is 0.636. The van der Waals surface area contributed by atoms with Crippen molar-refractivity contribution < 1.29 is 17.2 Å². The van der Waals surface area contributed by atoms with Gasteiger partial charge in [-0.3, -0.25) is 4.90 Å². The Morgan fingerprint density at radius 2 is 1.86 bits per heavy atom. The van der Waals surface area contributed by atoms with Crippen LogP contribution < -0.4 is 9.62 Å². The largest absolute Gasteiger partial charge is 0.367 e. The molecule has 0 radical (unpaired) electrons. The van der Waals surface area contributed by atoms with E-state index in [1.807, 2.05) is 0 Å². The van der Waals surface area contributed by atoms with Crippen LogP contribution in [-0.4, -0.2) is 58.8 Å². The highest BCUT2D eigenvalue weighted by molar-refractivity contribution is 7.88. The molecule has 1 aromatic rings. The number of anilines is 1. The number of sulfonamides is 1. The summed E-state index contributed by atoms with van der Waals surface area (Å²) in [5.41, 5.74) is 0.281. The number of benzene rings is 1. The fourth-order valence-corrected chi connectivity index (χ4v) is 2.80. The van der Waals surface area contributed by atoms with Crippen molar-refractivity contribution in [1.82, 2.24) is 9.62 Å². The summed E-state index contributed by atoms with van der Waals surface area (Å²) in [4.78, 5) is 3.89. The van der Waals surface area contributed by atoms with Crippen molar-refractivity contribution >= 4 is 15.7 Å². The quantitative estimate of drug-likeness (QED) is 0.865. The molecular weight excluding hydrogens is 300 g/mol. The number of piperazine rings is 1. The van der Waals surface area contributed by atoms with Gasteiger partial charge in [-0.25, -0.2) is 21.9 Å². The van der Waals surface area contributed by atoms with Crippen LogP contribution in [0.25, 0.3) is 0 Å². The van der Waals surface area contributed by atoms with E-state index in [1.165, 1.54) is 6.07 Å².